The molecule has 5 nitrogen and oxygen atoms in total. The van der Waals surface area contributed by atoms with E-state index in [1.165, 1.54) is 5.56 Å². The van der Waals surface area contributed by atoms with Crippen LogP contribution < -0.4 is 4.57 Å². The smallest absolute Gasteiger partial charge is 0.410 e. The van der Waals surface area contributed by atoms with Crippen LogP contribution in [-0.2, 0) is 16.0 Å². The quantitative estimate of drug-likeness (QED) is 0.755. The first-order valence-electron chi connectivity index (χ1n) is 9.46. The highest BCUT2D eigenvalue weighted by Gasteiger charge is 2.35. The molecule has 5 heteroatoms. The van der Waals surface area contributed by atoms with E-state index in [1.807, 2.05) is 33.8 Å². The van der Waals surface area contributed by atoms with Crippen molar-refractivity contribution < 1.29 is 18.8 Å². The summed E-state index contributed by atoms with van der Waals surface area (Å²) in [5.74, 6) is 0. The lowest BCUT2D eigenvalue weighted by atomic mass is 10.1. The summed E-state index contributed by atoms with van der Waals surface area (Å²) in [5, 5.41) is 0. The van der Waals surface area contributed by atoms with Crippen molar-refractivity contribution in [2.75, 3.05) is 13.1 Å². The summed E-state index contributed by atoms with van der Waals surface area (Å²) in [5.41, 5.74) is 1.95. The summed E-state index contributed by atoms with van der Waals surface area (Å²) < 4.78 is 13.6. The van der Waals surface area contributed by atoms with E-state index in [0.29, 0.717) is 13.1 Å². The number of benzene rings is 1. The summed E-state index contributed by atoms with van der Waals surface area (Å²) in [6, 6.07) is 14.6. The number of aromatic nitrogens is 1. The highest BCUT2D eigenvalue weighted by Crippen LogP contribution is 2.23. The van der Waals surface area contributed by atoms with Crippen molar-refractivity contribution in [2.24, 2.45) is 0 Å². The minimum absolute atomic E-state index is 0.0119. The van der Waals surface area contributed by atoms with Crippen LogP contribution in [0.2, 0.25) is 0 Å². The Balaban J connectivity index is 1.46. The summed E-state index contributed by atoms with van der Waals surface area (Å²) in [4.78, 5) is 13.7. The van der Waals surface area contributed by atoms with Crippen LogP contribution in [0.3, 0.4) is 0 Å². The lowest BCUT2D eigenvalue weighted by Crippen LogP contribution is -2.56. The number of pyridine rings is 1. The third kappa shape index (κ3) is 5.54. The molecule has 0 bridgehead atoms. The topological polar surface area (TPSA) is 42.6 Å². The van der Waals surface area contributed by atoms with Crippen molar-refractivity contribution in [3.8, 4) is 0 Å². The molecule has 3 rings (SSSR count). The fourth-order valence-corrected chi connectivity index (χ4v) is 3.01. The van der Waals surface area contributed by atoms with Crippen molar-refractivity contribution in [3.63, 3.8) is 0 Å². The van der Waals surface area contributed by atoms with Gasteiger partial charge in [-0.3, -0.25) is 0 Å². The molecule has 1 unspecified atom stereocenters. The van der Waals surface area contributed by atoms with Gasteiger partial charge in [-0.05, 0) is 33.3 Å². The summed E-state index contributed by atoms with van der Waals surface area (Å²) in [6.07, 6.45) is 3.94. The standard InChI is InChI=1S/C22H29N2O3/c1-17(26-20-15-24(16-20)21(25)27-22(2,3)4)19-10-12-23(13-11-19)14-18-8-6-5-7-9-18/h5-13,17,20H,14-16H2,1-4H3/q+1. The Hall–Kier alpha value is -2.40. The van der Waals surface area contributed by atoms with Gasteiger partial charge in [-0.2, -0.15) is 0 Å². The van der Waals surface area contributed by atoms with Gasteiger partial charge in [0.1, 0.15) is 5.60 Å². The minimum atomic E-state index is -0.463. The van der Waals surface area contributed by atoms with Gasteiger partial charge in [-0.25, -0.2) is 9.36 Å². The second-order valence-corrected chi connectivity index (χ2v) is 8.08. The van der Waals surface area contributed by atoms with Crippen LogP contribution in [0.15, 0.2) is 54.9 Å². The van der Waals surface area contributed by atoms with E-state index in [9.17, 15) is 4.79 Å². The molecular formula is C22H29N2O3+. The van der Waals surface area contributed by atoms with E-state index in [4.69, 9.17) is 9.47 Å². The number of amides is 1. The Labute approximate surface area is 161 Å². The Kier molecular flexibility index (Phi) is 5.80. The van der Waals surface area contributed by atoms with Gasteiger partial charge in [0.25, 0.3) is 0 Å². The van der Waals surface area contributed by atoms with Crippen molar-refractivity contribution in [1.82, 2.24) is 4.90 Å². The Morgan fingerprint density at radius 1 is 1.15 bits per heavy atom. The van der Waals surface area contributed by atoms with Crippen molar-refractivity contribution in [3.05, 3.63) is 66.0 Å². The molecule has 1 aliphatic heterocycles. The minimum Gasteiger partial charge on any atom is -0.444 e. The van der Waals surface area contributed by atoms with Gasteiger partial charge < -0.3 is 14.4 Å². The molecule has 27 heavy (non-hydrogen) atoms. The summed E-state index contributed by atoms with van der Waals surface area (Å²) >= 11 is 0. The molecule has 2 aromatic rings. The first-order chi connectivity index (χ1) is 12.8. The van der Waals surface area contributed by atoms with Gasteiger partial charge in [0, 0.05) is 17.7 Å². The largest absolute Gasteiger partial charge is 0.444 e. The molecular weight excluding hydrogens is 340 g/mol. The zero-order valence-electron chi connectivity index (χ0n) is 16.6. The van der Waals surface area contributed by atoms with Gasteiger partial charge in [0.05, 0.1) is 25.3 Å². The molecule has 1 amide bonds. The molecule has 144 valence electrons. The zero-order chi connectivity index (χ0) is 19.4. The SMILES string of the molecule is CC(OC1CN(C(=O)OC(C)(C)C)C1)c1cc[n+](Cc2ccccc2)cc1. The molecule has 0 radical (unpaired) electrons. The first-order valence-corrected chi connectivity index (χ1v) is 9.46. The van der Waals surface area contributed by atoms with Gasteiger partial charge in [-0.15, -0.1) is 0 Å². The molecule has 0 saturated carbocycles. The molecule has 0 spiro atoms. The summed E-state index contributed by atoms with van der Waals surface area (Å²) in [7, 11) is 0. The molecule has 0 N–H and O–H groups in total. The van der Waals surface area contributed by atoms with E-state index in [1.54, 1.807) is 4.90 Å². The van der Waals surface area contributed by atoms with Gasteiger partial charge >= 0.3 is 6.09 Å². The highest BCUT2D eigenvalue weighted by atomic mass is 16.6. The van der Waals surface area contributed by atoms with E-state index >= 15 is 0 Å². The van der Waals surface area contributed by atoms with Crippen molar-refractivity contribution in [1.29, 1.82) is 0 Å². The van der Waals surface area contributed by atoms with E-state index in [-0.39, 0.29) is 18.3 Å². The number of rotatable bonds is 5. The third-order valence-electron chi connectivity index (χ3n) is 4.49. The average Bonchev–Trinajstić information content (AvgIpc) is 2.57. The van der Waals surface area contributed by atoms with E-state index < -0.39 is 5.60 Å². The number of likely N-dealkylation sites (tertiary alicyclic amines) is 1. The molecule has 1 aromatic carbocycles. The lowest BCUT2D eigenvalue weighted by Gasteiger charge is -2.40. The molecule has 1 fully saturated rings. The predicted molar refractivity (Wildman–Crippen MR) is 103 cm³/mol. The van der Waals surface area contributed by atoms with E-state index in [0.717, 1.165) is 12.1 Å². The fraction of sp³-hybridized carbons (Fsp3) is 0.455. The van der Waals surface area contributed by atoms with E-state index in [2.05, 4.69) is 53.4 Å². The van der Waals surface area contributed by atoms with Gasteiger partial charge in [-0.1, -0.05) is 30.3 Å². The molecule has 1 aromatic heterocycles. The maximum absolute atomic E-state index is 12.0. The number of nitrogens with zero attached hydrogens (tertiary/aromatic N) is 2. The molecule has 1 saturated heterocycles. The van der Waals surface area contributed by atoms with Crippen molar-refractivity contribution in [2.45, 2.75) is 52.0 Å². The Morgan fingerprint density at radius 2 is 1.78 bits per heavy atom. The van der Waals surface area contributed by atoms with Crippen LogP contribution >= 0.6 is 0 Å². The fourth-order valence-electron chi connectivity index (χ4n) is 3.01. The van der Waals surface area contributed by atoms with Crippen molar-refractivity contribution >= 4 is 6.09 Å². The third-order valence-corrected chi connectivity index (χ3v) is 4.49. The average molecular weight is 369 g/mol. The highest BCUT2D eigenvalue weighted by molar-refractivity contribution is 5.69. The Bertz CT molecular complexity index is 747. The van der Waals surface area contributed by atoms with Gasteiger partial charge in [0.15, 0.2) is 18.9 Å². The molecule has 1 atom stereocenters. The maximum atomic E-state index is 12.0. The lowest BCUT2D eigenvalue weighted by molar-refractivity contribution is -0.688. The van der Waals surface area contributed by atoms with Crippen LogP contribution in [0.5, 0.6) is 0 Å². The molecule has 1 aliphatic rings. The van der Waals surface area contributed by atoms with Crippen LogP contribution in [-0.4, -0.2) is 35.8 Å². The first kappa shape index (κ1) is 19.4. The normalized spacial score (nSPS) is 15.9. The molecule has 2 heterocycles. The number of ether oxygens (including phenoxy) is 2. The van der Waals surface area contributed by atoms with Crippen LogP contribution in [0.1, 0.15) is 44.9 Å². The Morgan fingerprint density at radius 3 is 2.37 bits per heavy atom. The van der Waals surface area contributed by atoms with Crippen LogP contribution in [0.4, 0.5) is 4.79 Å². The monoisotopic (exact) mass is 369 g/mol. The maximum Gasteiger partial charge on any atom is 0.410 e. The number of hydrogen-bond donors (Lipinski definition) is 0. The summed E-state index contributed by atoms with van der Waals surface area (Å²) in [6.45, 7) is 9.69. The van der Waals surface area contributed by atoms with Crippen LogP contribution in [0, 0.1) is 0 Å². The second kappa shape index (κ2) is 8.09. The van der Waals surface area contributed by atoms with Crippen LogP contribution in [0.25, 0.3) is 0 Å². The van der Waals surface area contributed by atoms with Gasteiger partial charge in [0.2, 0.25) is 0 Å². The predicted octanol–water partition coefficient (Wildman–Crippen LogP) is 3.72. The number of carbonyl (C=O) groups excluding carboxylic acids is 1. The molecule has 0 aliphatic carbocycles. The zero-order valence-corrected chi connectivity index (χ0v) is 16.6. The number of carbonyl (C=O) groups is 1. The number of hydrogen-bond acceptors (Lipinski definition) is 3. The second-order valence-electron chi connectivity index (χ2n) is 8.08.